The monoisotopic (exact) mass is 205 g/mol. The van der Waals surface area contributed by atoms with Crippen molar-refractivity contribution in [1.82, 2.24) is 19.6 Å². The Bertz CT molecular complexity index is 486. The Morgan fingerprint density at radius 3 is 2.73 bits per heavy atom. The first-order valence-corrected chi connectivity index (χ1v) is 5.01. The van der Waals surface area contributed by atoms with E-state index in [0.717, 1.165) is 17.9 Å². The summed E-state index contributed by atoms with van der Waals surface area (Å²) in [7, 11) is 4.01. The van der Waals surface area contributed by atoms with Crippen molar-refractivity contribution in [2.24, 2.45) is 0 Å². The first kappa shape index (κ1) is 9.89. The van der Waals surface area contributed by atoms with Crippen LogP contribution >= 0.6 is 0 Å². The van der Waals surface area contributed by atoms with Crippen molar-refractivity contribution < 1.29 is 0 Å². The number of nitrogens with zero attached hydrogens (tertiary/aromatic N) is 5. The van der Waals surface area contributed by atoms with E-state index in [1.54, 1.807) is 4.52 Å². The largest absolute Gasteiger partial charge is 0.362 e. The van der Waals surface area contributed by atoms with Gasteiger partial charge in [-0.15, -0.1) is 0 Å². The van der Waals surface area contributed by atoms with Gasteiger partial charge in [-0.1, -0.05) is 6.92 Å². The molecule has 2 heterocycles. The molecule has 0 saturated heterocycles. The van der Waals surface area contributed by atoms with E-state index in [2.05, 4.69) is 28.9 Å². The number of hydrogen-bond donors (Lipinski definition) is 0. The van der Waals surface area contributed by atoms with Crippen LogP contribution in [0.2, 0.25) is 0 Å². The fraction of sp³-hybridized carbons (Fsp3) is 0.500. The number of hydrogen-bond acceptors (Lipinski definition) is 4. The van der Waals surface area contributed by atoms with Crippen molar-refractivity contribution in [3.63, 3.8) is 0 Å². The molecule has 5 heteroatoms. The van der Waals surface area contributed by atoms with Gasteiger partial charge in [0.25, 0.3) is 5.78 Å². The molecule has 0 saturated carbocycles. The highest BCUT2D eigenvalue weighted by atomic mass is 15.4. The molecule has 0 aliphatic carbocycles. The highest BCUT2D eigenvalue weighted by Crippen LogP contribution is 2.20. The van der Waals surface area contributed by atoms with E-state index >= 15 is 0 Å². The number of fused-ring (bicyclic) bond motifs is 1. The van der Waals surface area contributed by atoms with Crippen molar-refractivity contribution in [1.29, 1.82) is 0 Å². The lowest BCUT2D eigenvalue weighted by molar-refractivity contribution is 0.860. The van der Waals surface area contributed by atoms with Crippen LogP contribution in [0.1, 0.15) is 18.2 Å². The van der Waals surface area contributed by atoms with Crippen LogP contribution in [0.4, 0.5) is 5.82 Å². The van der Waals surface area contributed by atoms with Gasteiger partial charge in [0.1, 0.15) is 12.1 Å². The minimum absolute atomic E-state index is 0.668. The first-order chi connectivity index (χ1) is 7.15. The Kier molecular flexibility index (Phi) is 2.30. The lowest BCUT2D eigenvalue weighted by atomic mass is 10.2. The van der Waals surface area contributed by atoms with E-state index < -0.39 is 0 Å². The van der Waals surface area contributed by atoms with Crippen LogP contribution in [0.15, 0.2) is 6.33 Å². The van der Waals surface area contributed by atoms with E-state index in [1.807, 2.05) is 19.0 Å². The molecule has 2 aromatic rings. The van der Waals surface area contributed by atoms with Crippen LogP contribution in [0, 0.1) is 6.92 Å². The summed E-state index contributed by atoms with van der Waals surface area (Å²) in [6, 6.07) is 0. The third-order valence-electron chi connectivity index (χ3n) is 2.49. The second kappa shape index (κ2) is 3.49. The van der Waals surface area contributed by atoms with Crippen LogP contribution in [0.3, 0.4) is 0 Å². The van der Waals surface area contributed by atoms with Crippen LogP contribution in [-0.2, 0) is 6.42 Å². The molecular formula is C10H15N5. The molecule has 0 bridgehead atoms. The van der Waals surface area contributed by atoms with Gasteiger partial charge in [-0.2, -0.15) is 14.6 Å². The molecule has 0 atom stereocenters. The lowest BCUT2D eigenvalue weighted by Gasteiger charge is -2.17. The molecule has 0 spiro atoms. The molecule has 2 rings (SSSR count). The zero-order valence-electron chi connectivity index (χ0n) is 9.52. The predicted molar refractivity (Wildman–Crippen MR) is 59.2 cm³/mol. The first-order valence-electron chi connectivity index (χ1n) is 5.01. The normalized spacial score (nSPS) is 10.9. The number of aryl methyl sites for hydroxylation is 1. The molecule has 5 nitrogen and oxygen atoms in total. The molecule has 0 N–H and O–H groups in total. The Morgan fingerprint density at radius 1 is 1.40 bits per heavy atom. The van der Waals surface area contributed by atoms with E-state index in [-0.39, 0.29) is 0 Å². The third kappa shape index (κ3) is 1.44. The van der Waals surface area contributed by atoms with Crippen LogP contribution in [-0.4, -0.2) is 33.7 Å². The van der Waals surface area contributed by atoms with Crippen molar-refractivity contribution in [2.45, 2.75) is 20.3 Å². The molecule has 0 unspecified atom stereocenters. The third-order valence-corrected chi connectivity index (χ3v) is 2.49. The second-order valence-electron chi connectivity index (χ2n) is 3.73. The summed E-state index contributed by atoms with van der Waals surface area (Å²) in [4.78, 5) is 10.6. The summed E-state index contributed by atoms with van der Waals surface area (Å²) in [6.45, 7) is 4.17. The topological polar surface area (TPSA) is 46.3 Å². The number of anilines is 1. The molecule has 0 fully saturated rings. The average Bonchev–Trinajstić information content (AvgIpc) is 2.63. The van der Waals surface area contributed by atoms with Gasteiger partial charge in [-0.25, -0.2) is 4.98 Å². The Labute approximate surface area is 88.8 Å². The van der Waals surface area contributed by atoms with Gasteiger partial charge < -0.3 is 4.90 Å². The molecule has 0 radical (unpaired) electrons. The maximum absolute atomic E-state index is 4.46. The summed E-state index contributed by atoms with van der Waals surface area (Å²) < 4.78 is 1.77. The van der Waals surface area contributed by atoms with Gasteiger partial charge in [-0.05, 0) is 13.3 Å². The molecular weight excluding hydrogens is 190 g/mol. The minimum atomic E-state index is 0.668. The standard InChI is InChI=1S/C10H15N5/c1-5-8-7(2)9(14(3)4)15-10(13-8)11-6-12-15/h6H,5H2,1-4H3. The van der Waals surface area contributed by atoms with Gasteiger partial charge in [0.05, 0.1) is 5.69 Å². The molecule has 0 aliphatic rings. The molecule has 0 amide bonds. The average molecular weight is 205 g/mol. The highest BCUT2D eigenvalue weighted by Gasteiger charge is 2.13. The minimum Gasteiger partial charge on any atom is -0.362 e. The summed E-state index contributed by atoms with van der Waals surface area (Å²) >= 11 is 0. The van der Waals surface area contributed by atoms with Crippen LogP contribution in [0.5, 0.6) is 0 Å². The Morgan fingerprint density at radius 2 is 2.13 bits per heavy atom. The van der Waals surface area contributed by atoms with Gasteiger partial charge in [0.2, 0.25) is 0 Å². The lowest BCUT2D eigenvalue weighted by Crippen LogP contribution is -2.17. The van der Waals surface area contributed by atoms with Gasteiger partial charge in [-0.3, -0.25) is 0 Å². The Hall–Kier alpha value is -1.65. The summed E-state index contributed by atoms with van der Waals surface area (Å²) in [5.41, 5.74) is 2.25. The summed E-state index contributed by atoms with van der Waals surface area (Å²) in [6.07, 6.45) is 2.45. The van der Waals surface area contributed by atoms with Gasteiger partial charge in [0, 0.05) is 19.7 Å². The van der Waals surface area contributed by atoms with E-state index in [9.17, 15) is 0 Å². The van der Waals surface area contributed by atoms with Crippen LogP contribution < -0.4 is 4.90 Å². The quantitative estimate of drug-likeness (QED) is 0.735. The fourth-order valence-electron chi connectivity index (χ4n) is 1.82. The highest BCUT2D eigenvalue weighted by molar-refractivity contribution is 5.53. The zero-order chi connectivity index (χ0) is 11.0. The second-order valence-corrected chi connectivity index (χ2v) is 3.73. The Balaban J connectivity index is 2.81. The molecule has 0 aromatic carbocycles. The predicted octanol–water partition coefficient (Wildman–Crippen LogP) is 1.06. The van der Waals surface area contributed by atoms with Crippen molar-refractivity contribution in [2.75, 3.05) is 19.0 Å². The smallest absolute Gasteiger partial charge is 0.254 e. The van der Waals surface area contributed by atoms with Gasteiger partial charge >= 0.3 is 0 Å². The van der Waals surface area contributed by atoms with Crippen molar-refractivity contribution in [3.8, 4) is 0 Å². The van der Waals surface area contributed by atoms with E-state index in [0.29, 0.717) is 5.78 Å². The van der Waals surface area contributed by atoms with E-state index in [4.69, 9.17) is 0 Å². The fourth-order valence-corrected chi connectivity index (χ4v) is 1.82. The van der Waals surface area contributed by atoms with E-state index in [1.165, 1.54) is 11.9 Å². The number of aromatic nitrogens is 4. The van der Waals surface area contributed by atoms with Crippen LogP contribution in [0.25, 0.3) is 5.78 Å². The molecule has 0 aliphatic heterocycles. The molecule has 15 heavy (non-hydrogen) atoms. The summed E-state index contributed by atoms with van der Waals surface area (Å²) in [5, 5.41) is 4.18. The molecule has 80 valence electrons. The maximum atomic E-state index is 4.46. The zero-order valence-corrected chi connectivity index (χ0v) is 9.52. The van der Waals surface area contributed by atoms with Crippen molar-refractivity contribution >= 4 is 11.6 Å². The maximum Gasteiger partial charge on any atom is 0.254 e. The number of rotatable bonds is 2. The van der Waals surface area contributed by atoms with Gasteiger partial charge in [0.15, 0.2) is 0 Å². The SMILES string of the molecule is CCc1nc2ncnn2c(N(C)C)c1C. The summed E-state index contributed by atoms with van der Waals surface area (Å²) in [5.74, 6) is 1.72. The van der Waals surface area contributed by atoms with Crippen molar-refractivity contribution in [3.05, 3.63) is 17.6 Å². The molecule has 2 aromatic heterocycles.